The lowest BCUT2D eigenvalue weighted by molar-refractivity contribution is 0.693. The third kappa shape index (κ3) is 1.70. The molecule has 0 saturated carbocycles. The van der Waals surface area contributed by atoms with Crippen LogP contribution < -0.4 is 0 Å². The molecular formula is C7H7ClN2OS. The summed E-state index contributed by atoms with van der Waals surface area (Å²) in [6.45, 7) is 0.606. The number of rotatable bonds is 0. The van der Waals surface area contributed by atoms with Gasteiger partial charge in [-0.25, -0.2) is 4.99 Å². The van der Waals surface area contributed by atoms with E-state index in [0.717, 1.165) is 11.3 Å². The molecule has 0 aromatic rings. The Morgan fingerprint density at radius 1 is 1.50 bits per heavy atom. The molecule has 3 nitrogen and oxygen atoms in total. The zero-order chi connectivity index (χ0) is 7.68. The minimum atomic E-state index is -0.956. The van der Waals surface area contributed by atoms with Gasteiger partial charge in [0.15, 0.2) is 0 Å². The third-order valence-electron chi connectivity index (χ3n) is 1.49. The van der Waals surface area contributed by atoms with Crippen LogP contribution in [0.25, 0.3) is 0 Å². The lowest BCUT2D eigenvalue weighted by Crippen LogP contribution is -2.11. The molecule has 0 aliphatic carbocycles. The largest absolute Gasteiger partial charge is 0.269 e. The van der Waals surface area contributed by atoms with Crippen LogP contribution in [0.5, 0.6) is 0 Å². The fourth-order valence-corrected chi connectivity index (χ4v) is 1.78. The van der Waals surface area contributed by atoms with Gasteiger partial charge in [0.1, 0.15) is 6.34 Å². The van der Waals surface area contributed by atoms with Crippen molar-refractivity contribution in [3.8, 4) is 0 Å². The molecule has 2 aliphatic heterocycles. The van der Waals surface area contributed by atoms with Gasteiger partial charge in [-0.2, -0.15) is 0 Å². The number of hydrogen-bond acceptors (Lipinski definition) is 3. The predicted molar refractivity (Wildman–Crippen MR) is 53.4 cm³/mol. The summed E-state index contributed by atoms with van der Waals surface area (Å²) in [5.74, 6) is 0. The Bertz CT molecular complexity index is 330. The van der Waals surface area contributed by atoms with Crippen LogP contribution in [0.4, 0.5) is 0 Å². The van der Waals surface area contributed by atoms with E-state index in [1.807, 2.05) is 0 Å². The summed E-state index contributed by atoms with van der Waals surface area (Å²) in [5, 5.41) is 3.32. The van der Waals surface area contributed by atoms with Crippen LogP contribution in [0.1, 0.15) is 0 Å². The molecule has 0 radical (unpaired) electrons. The molecule has 2 rings (SSSR count). The molecule has 5 heteroatoms. The maximum absolute atomic E-state index is 11.0. The Labute approximate surface area is 78.9 Å². The van der Waals surface area contributed by atoms with Crippen LogP contribution in [0.2, 0.25) is 0 Å². The van der Waals surface area contributed by atoms with Gasteiger partial charge >= 0.3 is 0 Å². The van der Waals surface area contributed by atoms with Crippen molar-refractivity contribution >= 4 is 35.3 Å². The Morgan fingerprint density at radius 2 is 2.33 bits per heavy atom. The molecule has 2 heterocycles. The zero-order valence-corrected chi connectivity index (χ0v) is 7.77. The van der Waals surface area contributed by atoms with E-state index in [0.29, 0.717) is 6.54 Å². The first-order valence-corrected chi connectivity index (χ1v) is 4.48. The fraction of sp³-hybridized carbons (Fsp3) is 0.143. The fourth-order valence-electron chi connectivity index (χ4n) is 0.965. The van der Waals surface area contributed by atoms with Crippen molar-refractivity contribution in [3.05, 3.63) is 22.5 Å². The van der Waals surface area contributed by atoms with Gasteiger partial charge in [0.25, 0.3) is 0 Å². The zero-order valence-electron chi connectivity index (χ0n) is 6.14. The third-order valence-corrected chi connectivity index (χ3v) is 2.41. The highest BCUT2D eigenvalue weighted by Crippen LogP contribution is 2.11. The minimum Gasteiger partial charge on any atom is -0.269 e. The van der Waals surface area contributed by atoms with Crippen molar-refractivity contribution in [1.82, 2.24) is 0 Å². The van der Waals surface area contributed by atoms with Gasteiger partial charge in [-0.15, -0.1) is 12.4 Å². The summed E-state index contributed by atoms with van der Waals surface area (Å²) in [6, 6.07) is 0. The summed E-state index contributed by atoms with van der Waals surface area (Å²) in [7, 11) is -0.956. The Kier molecular flexibility index (Phi) is 2.94. The van der Waals surface area contributed by atoms with E-state index >= 15 is 0 Å². The molecule has 0 aromatic carbocycles. The van der Waals surface area contributed by atoms with Gasteiger partial charge in [-0.3, -0.25) is 9.20 Å². The number of nitrogens with zero attached hydrogens (tertiary/aromatic N) is 2. The van der Waals surface area contributed by atoms with E-state index in [2.05, 4.69) is 9.98 Å². The molecule has 0 saturated heterocycles. The molecule has 2 aliphatic rings. The van der Waals surface area contributed by atoms with E-state index in [9.17, 15) is 4.21 Å². The van der Waals surface area contributed by atoms with Gasteiger partial charge in [-0.05, 0) is 6.08 Å². The second-order valence-corrected chi connectivity index (χ2v) is 3.41. The van der Waals surface area contributed by atoms with Crippen LogP contribution in [0.15, 0.2) is 32.5 Å². The van der Waals surface area contributed by atoms with E-state index in [-0.39, 0.29) is 12.4 Å². The van der Waals surface area contributed by atoms with Crippen molar-refractivity contribution in [2.24, 2.45) is 9.98 Å². The first-order valence-electron chi connectivity index (χ1n) is 3.21. The molecule has 1 atom stereocenters. The molecule has 0 spiro atoms. The normalized spacial score (nSPS) is 25.2. The summed E-state index contributed by atoms with van der Waals surface area (Å²) >= 11 is 0. The first-order chi connectivity index (χ1) is 5.36. The minimum absolute atomic E-state index is 0. The average Bonchev–Trinajstić information content (AvgIpc) is 2.04. The van der Waals surface area contributed by atoms with Crippen molar-refractivity contribution in [3.63, 3.8) is 0 Å². The summed E-state index contributed by atoms with van der Waals surface area (Å²) in [4.78, 5) is 7.97. The Morgan fingerprint density at radius 3 is 3.17 bits per heavy atom. The quantitative estimate of drug-likeness (QED) is 0.579. The summed E-state index contributed by atoms with van der Waals surface area (Å²) in [5.41, 5.74) is 1.85. The highest BCUT2D eigenvalue weighted by Gasteiger charge is 2.11. The summed E-state index contributed by atoms with van der Waals surface area (Å²) < 4.78 is 11.0. The van der Waals surface area contributed by atoms with Gasteiger partial charge < -0.3 is 0 Å². The number of fused-ring (bicyclic) bond motifs is 1. The average molecular weight is 203 g/mol. The highest BCUT2D eigenvalue weighted by molar-refractivity contribution is 7.91. The molecule has 0 amide bonds. The van der Waals surface area contributed by atoms with E-state index in [1.54, 1.807) is 16.9 Å². The van der Waals surface area contributed by atoms with Crippen molar-refractivity contribution in [1.29, 1.82) is 0 Å². The highest BCUT2D eigenvalue weighted by atomic mass is 35.5. The van der Waals surface area contributed by atoms with Crippen molar-refractivity contribution < 1.29 is 4.21 Å². The van der Waals surface area contributed by atoms with E-state index in [4.69, 9.17) is 0 Å². The monoisotopic (exact) mass is 202 g/mol. The Hall–Kier alpha value is -0.740. The second-order valence-electron chi connectivity index (χ2n) is 2.24. The van der Waals surface area contributed by atoms with E-state index < -0.39 is 10.8 Å². The molecule has 0 aromatic heterocycles. The standard InChI is InChI=1S/C7H6N2OS.ClH/c10-11-2-1-7-6(4-11)3-8-5-9-7;/h1-2,4-5H,3H2;1H. The lowest BCUT2D eigenvalue weighted by atomic mass is 10.1. The van der Waals surface area contributed by atoms with Crippen LogP contribution in [0, 0.1) is 0 Å². The first kappa shape index (κ1) is 9.35. The van der Waals surface area contributed by atoms with Crippen LogP contribution in [-0.2, 0) is 10.8 Å². The van der Waals surface area contributed by atoms with E-state index in [1.165, 1.54) is 6.34 Å². The van der Waals surface area contributed by atoms with Crippen LogP contribution in [0.3, 0.4) is 0 Å². The number of halogens is 1. The smallest absolute Gasteiger partial charge is 0.110 e. The lowest BCUT2D eigenvalue weighted by Gasteiger charge is -2.09. The molecule has 0 fully saturated rings. The van der Waals surface area contributed by atoms with Crippen LogP contribution >= 0.6 is 12.4 Å². The topological polar surface area (TPSA) is 41.8 Å². The number of allylic oxidation sites excluding steroid dienone is 1. The summed E-state index contributed by atoms with van der Waals surface area (Å²) in [6.07, 6.45) is 3.31. The Balaban J connectivity index is 0.000000720. The molecule has 0 N–H and O–H groups in total. The van der Waals surface area contributed by atoms with Gasteiger partial charge in [0.05, 0.1) is 23.1 Å². The molecule has 64 valence electrons. The molecular weight excluding hydrogens is 196 g/mol. The number of hydrogen-bond donors (Lipinski definition) is 0. The maximum atomic E-state index is 11.0. The molecule has 0 bridgehead atoms. The van der Waals surface area contributed by atoms with Gasteiger partial charge in [-0.1, -0.05) is 0 Å². The van der Waals surface area contributed by atoms with Gasteiger partial charge in [0.2, 0.25) is 0 Å². The van der Waals surface area contributed by atoms with Crippen LogP contribution in [-0.4, -0.2) is 22.8 Å². The molecule has 1 unspecified atom stereocenters. The van der Waals surface area contributed by atoms with Crippen molar-refractivity contribution in [2.75, 3.05) is 6.54 Å². The molecule has 12 heavy (non-hydrogen) atoms. The van der Waals surface area contributed by atoms with Crippen molar-refractivity contribution in [2.45, 2.75) is 0 Å². The second kappa shape index (κ2) is 3.78. The SMILES string of the molecule is Cl.O=S1C=CC2=NC=NCC2=C1. The predicted octanol–water partition coefficient (Wildman–Crippen LogP) is 1.05. The van der Waals surface area contributed by atoms with Gasteiger partial charge in [0, 0.05) is 16.4 Å². The number of aliphatic imine (C=N–C) groups is 2. The maximum Gasteiger partial charge on any atom is 0.110 e.